The Morgan fingerprint density at radius 1 is 1.20 bits per heavy atom. The topological polar surface area (TPSA) is 124 Å². The van der Waals surface area contributed by atoms with Gasteiger partial charge in [0, 0.05) is 13.2 Å². The summed E-state index contributed by atoms with van der Waals surface area (Å²) in [7, 11) is 1.81. The van der Waals surface area contributed by atoms with E-state index in [4.69, 9.17) is 15.2 Å². The van der Waals surface area contributed by atoms with Crippen LogP contribution in [0.3, 0.4) is 0 Å². The van der Waals surface area contributed by atoms with Gasteiger partial charge in [0.2, 0.25) is 5.95 Å². The highest BCUT2D eigenvalue weighted by molar-refractivity contribution is 6.05. The third-order valence-corrected chi connectivity index (χ3v) is 5.93. The van der Waals surface area contributed by atoms with Gasteiger partial charge in [-0.3, -0.25) is 14.5 Å². The molecular formula is C24H20FN7O3. The van der Waals surface area contributed by atoms with Crippen LogP contribution in [0.1, 0.15) is 0 Å². The fourth-order valence-electron chi connectivity index (χ4n) is 4.27. The van der Waals surface area contributed by atoms with Crippen LogP contribution in [0.5, 0.6) is 11.5 Å². The standard InChI is InChI=1S/C24H20FN7O3/c1-31(11-13-12-34-17-8-4-5-9-18(17)35-13)24-27-10-14-20-19(21(26)30-29-20)23(33)32(22(14)28-24)16-7-3-2-6-15(16)25/h2-10,13H,11-12H2,1H3,(H3,26,29,30). The number of hydrogen-bond acceptors (Lipinski definition) is 8. The van der Waals surface area contributed by atoms with Crippen molar-refractivity contribution in [3.8, 4) is 17.2 Å². The molecule has 0 aliphatic carbocycles. The summed E-state index contributed by atoms with van der Waals surface area (Å²) in [5.41, 5.74) is 6.08. The Morgan fingerprint density at radius 2 is 1.97 bits per heavy atom. The molecule has 1 atom stereocenters. The zero-order valence-electron chi connectivity index (χ0n) is 18.6. The number of nitrogens with two attached hydrogens (primary N) is 1. The van der Waals surface area contributed by atoms with E-state index < -0.39 is 11.4 Å². The zero-order chi connectivity index (χ0) is 24.1. The Morgan fingerprint density at radius 3 is 2.80 bits per heavy atom. The minimum atomic E-state index is -0.572. The van der Waals surface area contributed by atoms with E-state index in [1.807, 2.05) is 31.3 Å². The molecule has 3 N–H and O–H groups in total. The van der Waals surface area contributed by atoms with Gasteiger partial charge in [-0.05, 0) is 24.3 Å². The Bertz CT molecular complexity index is 1650. The molecule has 176 valence electrons. The second-order valence-electron chi connectivity index (χ2n) is 8.24. The summed E-state index contributed by atoms with van der Waals surface area (Å²) in [4.78, 5) is 24.4. The second kappa shape index (κ2) is 7.97. The Balaban J connectivity index is 1.45. The molecule has 1 aliphatic heterocycles. The lowest BCUT2D eigenvalue weighted by molar-refractivity contribution is 0.0958. The molecule has 0 saturated heterocycles. The van der Waals surface area contributed by atoms with E-state index in [1.165, 1.54) is 16.7 Å². The average molecular weight is 473 g/mol. The van der Waals surface area contributed by atoms with E-state index >= 15 is 0 Å². The van der Waals surface area contributed by atoms with Crippen LogP contribution in [0, 0.1) is 5.82 Å². The van der Waals surface area contributed by atoms with Gasteiger partial charge in [-0.25, -0.2) is 9.37 Å². The lowest BCUT2D eigenvalue weighted by Gasteiger charge is -2.29. The summed E-state index contributed by atoms with van der Waals surface area (Å²) in [6.45, 7) is 0.784. The van der Waals surface area contributed by atoms with Crippen molar-refractivity contribution in [2.75, 3.05) is 30.8 Å². The number of benzene rings is 2. The number of nitrogens with zero attached hydrogens (tertiary/aromatic N) is 5. The molecule has 10 nitrogen and oxygen atoms in total. The average Bonchev–Trinajstić information content (AvgIpc) is 3.26. The van der Waals surface area contributed by atoms with Crippen LogP contribution < -0.4 is 25.7 Å². The molecule has 0 saturated carbocycles. The number of nitrogen functional groups attached to an aromatic ring is 1. The van der Waals surface area contributed by atoms with Crippen LogP contribution in [0.15, 0.2) is 59.5 Å². The van der Waals surface area contributed by atoms with Gasteiger partial charge < -0.3 is 20.1 Å². The maximum absolute atomic E-state index is 14.8. The minimum absolute atomic E-state index is 0.0212. The van der Waals surface area contributed by atoms with Crippen molar-refractivity contribution >= 4 is 33.7 Å². The number of aromatic amines is 1. The van der Waals surface area contributed by atoms with Crippen LogP contribution in [0.4, 0.5) is 16.2 Å². The van der Waals surface area contributed by atoms with Gasteiger partial charge in [0.05, 0.1) is 23.1 Å². The highest BCUT2D eigenvalue weighted by Gasteiger charge is 2.24. The van der Waals surface area contributed by atoms with Crippen molar-refractivity contribution < 1.29 is 13.9 Å². The highest BCUT2D eigenvalue weighted by atomic mass is 19.1. The predicted octanol–water partition coefficient (Wildman–Crippen LogP) is 2.65. The van der Waals surface area contributed by atoms with Gasteiger partial charge >= 0.3 is 0 Å². The molecule has 0 spiro atoms. The number of fused-ring (bicyclic) bond motifs is 4. The van der Waals surface area contributed by atoms with Gasteiger partial charge in [-0.2, -0.15) is 10.1 Å². The number of halogens is 1. The van der Waals surface area contributed by atoms with Crippen LogP contribution in [-0.2, 0) is 0 Å². The van der Waals surface area contributed by atoms with Gasteiger partial charge in [0.1, 0.15) is 17.8 Å². The molecule has 11 heteroatoms. The van der Waals surface area contributed by atoms with E-state index in [1.54, 1.807) is 23.2 Å². The first-order chi connectivity index (χ1) is 17.0. The van der Waals surface area contributed by atoms with Crippen molar-refractivity contribution in [3.05, 3.63) is 70.9 Å². The molecule has 0 fully saturated rings. The minimum Gasteiger partial charge on any atom is -0.486 e. The first kappa shape index (κ1) is 20.9. The molecule has 0 amide bonds. The number of ether oxygens (including phenoxy) is 2. The van der Waals surface area contributed by atoms with Gasteiger partial charge in [-0.15, -0.1) is 0 Å². The SMILES string of the molecule is CN(CC1COc2ccccc2O1)c1ncc2c3[nH]nc(N)c3c(=O)n(-c3ccccc3F)c2n1. The lowest BCUT2D eigenvalue weighted by Crippen LogP contribution is -2.40. The summed E-state index contributed by atoms with van der Waals surface area (Å²) in [5, 5.41) is 7.37. The third kappa shape index (κ3) is 3.39. The van der Waals surface area contributed by atoms with Gasteiger partial charge in [-0.1, -0.05) is 24.3 Å². The van der Waals surface area contributed by atoms with E-state index in [-0.39, 0.29) is 28.6 Å². The number of anilines is 2. The van der Waals surface area contributed by atoms with Crippen molar-refractivity contribution in [2.24, 2.45) is 0 Å². The quantitative estimate of drug-likeness (QED) is 0.408. The van der Waals surface area contributed by atoms with E-state index in [0.717, 1.165) is 0 Å². The summed E-state index contributed by atoms with van der Waals surface area (Å²) >= 11 is 0. The summed E-state index contributed by atoms with van der Waals surface area (Å²) in [5.74, 6) is 1.15. The number of aromatic nitrogens is 5. The molecule has 1 aliphatic rings. The van der Waals surface area contributed by atoms with Crippen molar-refractivity contribution in [2.45, 2.75) is 6.10 Å². The molecule has 6 rings (SSSR count). The van der Waals surface area contributed by atoms with Crippen molar-refractivity contribution in [1.29, 1.82) is 0 Å². The second-order valence-corrected chi connectivity index (χ2v) is 8.24. The third-order valence-electron chi connectivity index (χ3n) is 5.93. The molecule has 1 unspecified atom stereocenters. The first-order valence-corrected chi connectivity index (χ1v) is 10.9. The van der Waals surface area contributed by atoms with Crippen LogP contribution in [0.25, 0.3) is 27.6 Å². The Kier molecular flexibility index (Phi) is 4.76. The lowest BCUT2D eigenvalue weighted by atomic mass is 10.2. The molecule has 5 aromatic rings. The largest absolute Gasteiger partial charge is 0.486 e. The monoisotopic (exact) mass is 473 g/mol. The molecule has 0 radical (unpaired) electrons. The van der Waals surface area contributed by atoms with Gasteiger partial charge in [0.15, 0.2) is 29.1 Å². The molecule has 2 aromatic carbocycles. The number of rotatable bonds is 4. The summed E-state index contributed by atoms with van der Waals surface area (Å²) in [6, 6.07) is 13.5. The molecule has 3 aromatic heterocycles. The number of pyridine rings is 1. The van der Waals surface area contributed by atoms with E-state index in [9.17, 15) is 9.18 Å². The fraction of sp³-hybridized carbons (Fsp3) is 0.167. The maximum Gasteiger partial charge on any atom is 0.270 e. The van der Waals surface area contributed by atoms with E-state index in [0.29, 0.717) is 41.5 Å². The number of nitrogens with one attached hydrogen (secondary N) is 1. The Hall–Kier alpha value is -4.67. The van der Waals surface area contributed by atoms with Crippen LogP contribution >= 0.6 is 0 Å². The normalized spacial score (nSPS) is 15.0. The number of hydrogen-bond donors (Lipinski definition) is 2. The van der Waals surface area contributed by atoms with Crippen molar-refractivity contribution in [1.82, 2.24) is 24.7 Å². The maximum atomic E-state index is 14.8. The van der Waals surface area contributed by atoms with E-state index in [2.05, 4.69) is 20.2 Å². The van der Waals surface area contributed by atoms with Crippen LogP contribution in [0.2, 0.25) is 0 Å². The van der Waals surface area contributed by atoms with Crippen molar-refractivity contribution in [3.63, 3.8) is 0 Å². The molecule has 4 heterocycles. The van der Waals surface area contributed by atoms with Crippen LogP contribution in [-0.4, -0.2) is 51.0 Å². The summed E-state index contributed by atoms with van der Waals surface area (Å²) < 4.78 is 27.8. The fourth-order valence-corrected chi connectivity index (χ4v) is 4.27. The molecule has 35 heavy (non-hydrogen) atoms. The molecular weight excluding hydrogens is 453 g/mol. The Labute approximate surface area is 197 Å². The zero-order valence-corrected chi connectivity index (χ0v) is 18.6. The molecule has 0 bridgehead atoms. The summed E-state index contributed by atoms with van der Waals surface area (Å²) in [6.07, 6.45) is 1.30. The highest BCUT2D eigenvalue weighted by Crippen LogP contribution is 2.31. The number of para-hydroxylation sites is 3. The predicted molar refractivity (Wildman–Crippen MR) is 129 cm³/mol. The first-order valence-electron chi connectivity index (χ1n) is 10.9. The smallest absolute Gasteiger partial charge is 0.270 e. The number of likely N-dealkylation sites (N-methyl/N-ethyl adjacent to an activating group) is 1. The van der Waals surface area contributed by atoms with Gasteiger partial charge in [0.25, 0.3) is 5.56 Å². The number of H-pyrrole nitrogens is 1.